The van der Waals surface area contributed by atoms with Gasteiger partial charge in [0.25, 0.3) is 5.56 Å². The van der Waals surface area contributed by atoms with Crippen LogP contribution in [-0.2, 0) is 12.8 Å². The van der Waals surface area contributed by atoms with Crippen LogP contribution >= 0.6 is 0 Å². The summed E-state index contributed by atoms with van der Waals surface area (Å²) in [6, 6.07) is 16.1. The van der Waals surface area contributed by atoms with Gasteiger partial charge in [0.1, 0.15) is 0 Å². The number of nitrogens with zero attached hydrogens (tertiary/aromatic N) is 4. The standard InChI is InChI=1S/C22H23N7O/c1-2-3-9-19-18(21(30)25-22(23)24-19)13-14-10-11-16(15-7-5-4-6-8-15)17(12-14)20-26-28-29-27-20/h4-8,10-12H,2-3,9,13H2,1H3,(H3,23,24,25,30)(H,26,27,28,29). The number of anilines is 1. The number of tetrazole rings is 1. The van der Waals surface area contributed by atoms with Crippen molar-refractivity contribution in [2.75, 3.05) is 5.73 Å². The molecule has 30 heavy (non-hydrogen) atoms. The van der Waals surface area contributed by atoms with E-state index in [1.807, 2.05) is 48.5 Å². The molecule has 0 atom stereocenters. The summed E-state index contributed by atoms with van der Waals surface area (Å²) in [7, 11) is 0. The van der Waals surface area contributed by atoms with Crippen molar-refractivity contribution >= 4 is 5.95 Å². The molecular formula is C22H23N7O. The van der Waals surface area contributed by atoms with Crippen molar-refractivity contribution < 1.29 is 0 Å². The monoisotopic (exact) mass is 401 g/mol. The molecule has 0 radical (unpaired) electrons. The lowest BCUT2D eigenvalue weighted by molar-refractivity contribution is 0.762. The quantitative estimate of drug-likeness (QED) is 0.437. The van der Waals surface area contributed by atoms with E-state index in [2.05, 4.69) is 37.5 Å². The largest absolute Gasteiger partial charge is 0.369 e. The van der Waals surface area contributed by atoms with E-state index in [0.29, 0.717) is 17.8 Å². The molecule has 0 bridgehead atoms. The molecule has 152 valence electrons. The summed E-state index contributed by atoms with van der Waals surface area (Å²) < 4.78 is 0. The van der Waals surface area contributed by atoms with Crippen molar-refractivity contribution in [3.8, 4) is 22.5 Å². The summed E-state index contributed by atoms with van der Waals surface area (Å²) >= 11 is 0. The number of nitrogens with two attached hydrogens (primary N) is 1. The van der Waals surface area contributed by atoms with Gasteiger partial charge in [-0.25, -0.2) is 4.98 Å². The Balaban J connectivity index is 1.77. The van der Waals surface area contributed by atoms with Crippen molar-refractivity contribution in [2.45, 2.75) is 32.6 Å². The predicted octanol–water partition coefficient (Wildman–Crippen LogP) is 3.13. The van der Waals surface area contributed by atoms with E-state index in [1.165, 1.54) is 0 Å². The summed E-state index contributed by atoms with van der Waals surface area (Å²) in [5, 5.41) is 14.5. The van der Waals surface area contributed by atoms with Crippen LogP contribution in [0.5, 0.6) is 0 Å². The molecule has 2 heterocycles. The fraction of sp³-hybridized carbons (Fsp3) is 0.227. The number of aromatic nitrogens is 6. The van der Waals surface area contributed by atoms with E-state index >= 15 is 0 Å². The van der Waals surface area contributed by atoms with Crippen LogP contribution in [0.4, 0.5) is 5.95 Å². The molecule has 0 saturated carbocycles. The van der Waals surface area contributed by atoms with Crippen molar-refractivity contribution in [3.63, 3.8) is 0 Å². The molecule has 2 aromatic carbocycles. The zero-order valence-electron chi connectivity index (χ0n) is 16.7. The van der Waals surface area contributed by atoms with E-state index < -0.39 is 0 Å². The average Bonchev–Trinajstić information content (AvgIpc) is 3.30. The van der Waals surface area contributed by atoms with Gasteiger partial charge in [0, 0.05) is 17.5 Å². The minimum Gasteiger partial charge on any atom is -0.369 e. The van der Waals surface area contributed by atoms with Crippen LogP contribution < -0.4 is 11.3 Å². The molecule has 8 heteroatoms. The van der Waals surface area contributed by atoms with Crippen molar-refractivity contribution in [1.29, 1.82) is 0 Å². The summed E-state index contributed by atoms with van der Waals surface area (Å²) in [5.74, 6) is 0.660. The fourth-order valence-corrected chi connectivity index (χ4v) is 3.53. The Kier molecular flexibility index (Phi) is 5.65. The molecule has 0 aliphatic rings. The molecule has 0 saturated heterocycles. The number of aromatic amines is 2. The maximum Gasteiger partial charge on any atom is 0.256 e. The van der Waals surface area contributed by atoms with Gasteiger partial charge >= 0.3 is 0 Å². The van der Waals surface area contributed by atoms with Gasteiger partial charge in [-0.2, -0.15) is 5.21 Å². The maximum atomic E-state index is 12.6. The van der Waals surface area contributed by atoms with E-state index in [0.717, 1.165) is 47.2 Å². The topological polar surface area (TPSA) is 126 Å². The third-order valence-electron chi connectivity index (χ3n) is 5.02. The molecule has 0 amide bonds. The van der Waals surface area contributed by atoms with Gasteiger partial charge in [0.2, 0.25) is 11.8 Å². The second-order valence-corrected chi connectivity index (χ2v) is 7.14. The summed E-state index contributed by atoms with van der Waals surface area (Å²) in [5.41, 5.74) is 10.8. The molecule has 4 N–H and O–H groups in total. The molecule has 4 aromatic rings. The maximum absolute atomic E-state index is 12.6. The highest BCUT2D eigenvalue weighted by atomic mass is 16.1. The average molecular weight is 401 g/mol. The van der Waals surface area contributed by atoms with Crippen LogP contribution in [0.25, 0.3) is 22.5 Å². The first-order valence-electron chi connectivity index (χ1n) is 9.95. The third-order valence-corrected chi connectivity index (χ3v) is 5.02. The number of benzene rings is 2. The van der Waals surface area contributed by atoms with Crippen LogP contribution in [0.2, 0.25) is 0 Å². The Morgan fingerprint density at radius 3 is 2.63 bits per heavy atom. The lowest BCUT2D eigenvalue weighted by Gasteiger charge is -2.12. The van der Waals surface area contributed by atoms with Crippen molar-refractivity contribution in [2.24, 2.45) is 0 Å². The van der Waals surface area contributed by atoms with E-state index in [4.69, 9.17) is 5.73 Å². The fourth-order valence-electron chi connectivity index (χ4n) is 3.53. The number of hydrogen-bond acceptors (Lipinski definition) is 6. The van der Waals surface area contributed by atoms with E-state index in [9.17, 15) is 4.79 Å². The van der Waals surface area contributed by atoms with Gasteiger partial charge in [0.05, 0.1) is 5.69 Å². The zero-order valence-corrected chi connectivity index (χ0v) is 16.7. The van der Waals surface area contributed by atoms with Crippen LogP contribution in [-0.4, -0.2) is 30.6 Å². The van der Waals surface area contributed by atoms with Crippen molar-refractivity contribution in [1.82, 2.24) is 30.6 Å². The first-order chi connectivity index (χ1) is 14.7. The minimum atomic E-state index is -0.193. The Morgan fingerprint density at radius 2 is 1.90 bits per heavy atom. The second kappa shape index (κ2) is 8.69. The van der Waals surface area contributed by atoms with Gasteiger partial charge in [-0.15, -0.1) is 10.2 Å². The summed E-state index contributed by atoms with van der Waals surface area (Å²) in [6.07, 6.45) is 3.13. The Morgan fingerprint density at radius 1 is 1.07 bits per heavy atom. The number of hydrogen-bond donors (Lipinski definition) is 3. The lowest BCUT2D eigenvalue weighted by Crippen LogP contribution is -2.20. The summed E-state index contributed by atoms with van der Waals surface area (Å²) in [6.45, 7) is 2.11. The van der Waals surface area contributed by atoms with E-state index in [-0.39, 0.29) is 11.5 Å². The molecule has 0 aliphatic heterocycles. The minimum absolute atomic E-state index is 0.154. The SMILES string of the molecule is CCCCc1nc(N)[nH]c(=O)c1Cc1ccc(-c2ccccc2)c(-c2nn[nH]n2)c1. The van der Waals surface area contributed by atoms with Crippen LogP contribution in [0.3, 0.4) is 0 Å². The first kappa shape index (κ1) is 19.5. The van der Waals surface area contributed by atoms with E-state index in [1.54, 1.807) is 0 Å². The van der Waals surface area contributed by atoms with Gasteiger partial charge < -0.3 is 5.73 Å². The normalized spacial score (nSPS) is 11.0. The number of nitrogens with one attached hydrogen (secondary N) is 2. The van der Waals surface area contributed by atoms with Crippen molar-refractivity contribution in [3.05, 3.63) is 75.7 Å². The highest BCUT2D eigenvalue weighted by Crippen LogP contribution is 2.31. The number of rotatable bonds is 7. The van der Waals surface area contributed by atoms with Gasteiger partial charge in [-0.05, 0) is 40.8 Å². The molecular weight excluding hydrogens is 378 g/mol. The highest BCUT2D eigenvalue weighted by molar-refractivity contribution is 5.80. The van der Waals surface area contributed by atoms with Gasteiger partial charge in [-0.3, -0.25) is 9.78 Å². The number of nitrogen functional groups attached to an aromatic ring is 1. The number of aryl methyl sites for hydroxylation is 1. The highest BCUT2D eigenvalue weighted by Gasteiger charge is 2.15. The molecule has 0 fully saturated rings. The predicted molar refractivity (Wildman–Crippen MR) is 116 cm³/mol. The molecule has 2 aromatic heterocycles. The molecule has 4 rings (SSSR count). The van der Waals surface area contributed by atoms with Gasteiger partial charge in [0.15, 0.2) is 0 Å². The van der Waals surface area contributed by atoms with Gasteiger partial charge in [-0.1, -0.05) is 55.8 Å². The Bertz CT molecular complexity index is 1180. The Hall–Kier alpha value is -3.81. The first-order valence-corrected chi connectivity index (χ1v) is 9.95. The number of unbranched alkanes of at least 4 members (excludes halogenated alkanes) is 1. The molecule has 0 aliphatic carbocycles. The lowest BCUT2D eigenvalue weighted by atomic mass is 9.94. The number of H-pyrrole nitrogens is 2. The smallest absolute Gasteiger partial charge is 0.256 e. The third kappa shape index (κ3) is 4.12. The van der Waals surface area contributed by atoms with Crippen LogP contribution in [0.15, 0.2) is 53.3 Å². The van der Waals surface area contributed by atoms with Crippen LogP contribution in [0, 0.1) is 0 Å². The van der Waals surface area contributed by atoms with Crippen LogP contribution in [0.1, 0.15) is 36.6 Å². The second-order valence-electron chi connectivity index (χ2n) is 7.14. The zero-order chi connectivity index (χ0) is 20.9. The molecule has 0 spiro atoms. The summed E-state index contributed by atoms with van der Waals surface area (Å²) in [4.78, 5) is 19.6. The Labute approximate surface area is 173 Å². The molecule has 8 nitrogen and oxygen atoms in total. The molecule has 0 unspecified atom stereocenters.